The summed E-state index contributed by atoms with van der Waals surface area (Å²) in [5.74, 6) is -1.03. The first-order valence-electron chi connectivity index (χ1n) is 7.13. The van der Waals surface area contributed by atoms with Crippen LogP contribution >= 0.6 is 11.6 Å². The predicted octanol–water partition coefficient (Wildman–Crippen LogP) is 3.50. The van der Waals surface area contributed by atoms with Crippen molar-refractivity contribution < 1.29 is 14.3 Å². The summed E-state index contributed by atoms with van der Waals surface area (Å²) in [6, 6.07) is 13.2. The largest absolute Gasteiger partial charge is 0.449 e. The third-order valence-corrected chi connectivity index (χ3v) is 3.50. The molecule has 23 heavy (non-hydrogen) atoms. The maximum absolute atomic E-state index is 12.3. The summed E-state index contributed by atoms with van der Waals surface area (Å²) in [6.45, 7) is 1.75. The van der Waals surface area contributed by atoms with Crippen molar-refractivity contribution >= 4 is 34.9 Å². The molecule has 0 heterocycles. The highest BCUT2D eigenvalue weighted by Crippen LogP contribution is 2.21. The Hall–Kier alpha value is -2.53. The number of hydrogen-bond donors (Lipinski definition) is 2. The number of hydrogen-bond acceptors (Lipinski definition) is 4. The van der Waals surface area contributed by atoms with Crippen LogP contribution in [0.15, 0.2) is 48.5 Å². The molecule has 3 N–H and O–H groups in total. The van der Waals surface area contributed by atoms with Gasteiger partial charge in [0.15, 0.2) is 6.10 Å². The zero-order valence-corrected chi connectivity index (χ0v) is 13.3. The molecule has 0 aliphatic heterocycles. The number of nitrogen functional groups attached to an aromatic ring is 1. The second-order valence-corrected chi connectivity index (χ2v) is 5.30. The number of esters is 1. The van der Waals surface area contributed by atoms with Gasteiger partial charge in [-0.3, -0.25) is 4.79 Å². The Morgan fingerprint density at radius 2 is 1.96 bits per heavy atom. The first-order chi connectivity index (χ1) is 11.0. The van der Waals surface area contributed by atoms with Crippen LogP contribution in [-0.2, 0) is 9.53 Å². The number of halogens is 1. The highest BCUT2D eigenvalue weighted by molar-refractivity contribution is 6.33. The minimum atomic E-state index is -0.916. The molecule has 1 atom stereocenters. The van der Waals surface area contributed by atoms with E-state index in [2.05, 4.69) is 5.32 Å². The summed E-state index contributed by atoms with van der Waals surface area (Å²) in [4.78, 5) is 24.4. The minimum Gasteiger partial charge on any atom is -0.449 e. The molecular weight excluding hydrogens is 316 g/mol. The quantitative estimate of drug-likeness (QED) is 0.648. The molecule has 1 unspecified atom stereocenters. The van der Waals surface area contributed by atoms with Gasteiger partial charge in [0.2, 0.25) is 0 Å². The number of anilines is 2. The Morgan fingerprint density at radius 1 is 1.22 bits per heavy atom. The molecule has 0 aliphatic rings. The summed E-state index contributed by atoms with van der Waals surface area (Å²) >= 11 is 6.00. The fraction of sp³-hybridized carbons (Fsp3) is 0.176. The number of rotatable bonds is 5. The summed E-state index contributed by atoms with van der Waals surface area (Å²) in [7, 11) is 0. The summed E-state index contributed by atoms with van der Waals surface area (Å²) in [6.07, 6.45) is -0.579. The molecule has 5 nitrogen and oxygen atoms in total. The monoisotopic (exact) mass is 332 g/mol. The first kappa shape index (κ1) is 16.8. The average molecular weight is 333 g/mol. The van der Waals surface area contributed by atoms with E-state index >= 15 is 0 Å². The maximum Gasteiger partial charge on any atom is 0.338 e. The Morgan fingerprint density at radius 3 is 2.61 bits per heavy atom. The van der Waals surface area contributed by atoms with Gasteiger partial charge >= 0.3 is 5.97 Å². The predicted molar refractivity (Wildman–Crippen MR) is 90.4 cm³/mol. The van der Waals surface area contributed by atoms with Gasteiger partial charge < -0.3 is 15.8 Å². The van der Waals surface area contributed by atoms with Crippen molar-refractivity contribution in [3.8, 4) is 0 Å². The Kier molecular flexibility index (Phi) is 5.60. The Balaban J connectivity index is 2.06. The van der Waals surface area contributed by atoms with Gasteiger partial charge in [0.05, 0.1) is 16.3 Å². The van der Waals surface area contributed by atoms with Crippen LogP contribution in [0.4, 0.5) is 11.4 Å². The van der Waals surface area contributed by atoms with Crippen LogP contribution in [0.5, 0.6) is 0 Å². The van der Waals surface area contributed by atoms with E-state index in [0.717, 1.165) is 0 Å². The van der Waals surface area contributed by atoms with Crippen LogP contribution in [-0.4, -0.2) is 18.0 Å². The number of para-hydroxylation sites is 1. The fourth-order valence-corrected chi connectivity index (χ4v) is 2.14. The van der Waals surface area contributed by atoms with Crippen LogP contribution < -0.4 is 11.1 Å². The molecule has 2 aromatic carbocycles. The lowest BCUT2D eigenvalue weighted by Crippen LogP contribution is -2.32. The highest BCUT2D eigenvalue weighted by Gasteiger charge is 2.22. The number of benzene rings is 2. The number of amides is 1. The Labute approximate surface area is 139 Å². The van der Waals surface area contributed by atoms with E-state index < -0.39 is 18.0 Å². The Bertz CT molecular complexity index is 718. The topological polar surface area (TPSA) is 81.4 Å². The van der Waals surface area contributed by atoms with E-state index in [0.29, 0.717) is 28.4 Å². The molecule has 0 saturated carbocycles. The molecule has 1 amide bonds. The molecule has 6 heteroatoms. The number of carbonyl (C=O) groups excluding carboxylic acids is 2. The van der Waals surface area contributed by atoms with E-state index in [9.17, 15) is 9.59 Å². The maximum atomic E-state index is 12.3. The zero-order chi connectivity index (χ0) is 16.8. The third-order valence-electron chi connectivity index (χ3n) is 3.17. The molecule has 0 aliphatic carbocycles. The van der Waals surface area contributed by atoms with Gasteiger partial charge in [-0.15, -0.1) is 0 Å². The van der Waals surface area contributed by atoms with Crippen molar-refractivity contribution in [2.45, 2.75) is 19.4 Å². The summed E-state index contributed by atoms with van der Waals surface area (Å²) in [5.41, 5.74) is 6.86. The lowest BCUT2D eigenvalue weighted by molar-refractivity contribution is -0.124. The van der Waals surface area contributed by atoms with E-state index in [-0.39, 0.29) is 0 Å². The normalized spacial score (nSPS) is 11.6. The second-order valence-electron chi connectivity index (χ2n) is 4.90. The molecule has 0 fully saturated rings. The third kappa shape index (κ3) is 4.47. The highest BCUT2D eigenvalue weighted by atomic mass is 35.5. The van der Waals surface area contributed by atoms with Gasteiger partial charge in [-0.25, -0.2) is 4.79 Å². The lowest BCUT2D eigenvalue weighted by atomic mass is 10.2. The van der Waals surface area contributed by atoms with Gasteiger partial charge in [0.25, 0.3) is 5.91 Å². The second kappa shape index (κ2) is 7.65. The smallest absolute Gasteiger partial charge is 0.338 e. The number of nitrogens with two attached hydrogens (primary N) is 1. The standard InChI is InChI=1S/C17H17ClN2O3/c1-2-15(16(21)20-14-9-4-3-8-13(14)18)23-17(22)11-6-5-7-12(19)10-11/h3-10,15H,2,19H2,1H3,(H,20,21). The van der Waals surface area contributed by atoms with Gasteiger partial charge in [-0.05, 0) is 36.8 Å². The van der Waals surface area contributed by atoms with Crippen LogP contribution in [0, 0.1) is 0 Å². The van der Waals surface area contributed by atoms with Crippen molar-refractivity contribution in [3.63, 3.8) is 0 Å². The average Bonchev–Trinajstić information content (AvgIpc) is 2.54. The molecule has 0 saturated heterocycles. The van der Waals surface area contributed by atoms with Gasteiger partial charge in [-0.2, -0.15) is 0 Å². The van der Waals surface area contributed by atoms with Gasteiger partial charge in [0, 0.05) is 5.69 Å². The van der Waals surface area contributed by atoms with Crippen molar-refractivity contribution in [1.82, 2.24) is 0 Å². The number of carbonyl (C=O) groups is 2. The molecular formula is C17H17ClN2O3. The first-order valence-corrected chi connectivity index (χ1v) is 7.51. The summed E-state index contributed by atoms with van der Waals surface area (Å²) < 4.78 is 5.26. The minimum absolute atomic E-state index is 0.300. The van der Waals surface area contributed by atoms with E-state index in [1.807, 2.05) is 0 Å². The number of ether oxygens (including phenoxy) is 1. The van der Waals surface area contributed by atoms with E-state index in [4.69, 9.17) is 22.1 Å². The van der Waals surface area contributed by atoms with E-state index in [1.165, 1.54) is 6.07 Å². The molecule has 0 radical (unpaired) electrons. The zero-order valence-electron chi connectivity index (χ0n) is 12.6. The fourth-order valence-electron chi connectivity index (χ4n) is 1.96. The molecule has 120 valence electrons. The van der Waals surface area contributed by atoms with Gasteiger partial charge in [0.1, 0.15) is 0 Å². The molecule has 2 aromatic rings. The van der Waals surface area contributed by atoms with E-state index in [1.54, 1.807) is 49.4 Å². The van der Waals surface area contributed by atoms with Crippen molar-refractivity contribution in [3.05, 3.63) is 59.1 Å². The molecule has 0 aromatic heterocycles. The SMILES string of the molecule is CCC(OC(=O)c1cccc(N)c1)C(=O)Nc1ccccc1Cl. The van der Waals surface area contributed by atoms with Crippen LogP contribution in [0.3, 0.4) is 0 Å². The summed E-state index contributed by atoms with van der Waals surface area (Å²) in [5, 5.41) is 3.07. The lowest BCUT2D eigenvalue weighted by Gasteiger charge is -2.16. The van der Waals surface area contributed by atoms with Crippen molar-refractivity contribution in [2.75, 3.05) is 11.1 Å². The van der Waals surface area contributed by atoms with Gasteiger partial charge in [-0.1, -0.05) is 36.7 Å². The van der Waals surface area contributed by atoms with Crippen molar-refractivity contribution in [2.24, 2.45) is 0 Å². The van der Waals surface area contributed by atoms with Crippen LogP contribution in [0.25, 0.3) is 0 Å². The molecule has 2 rings (SSSR count). The number of nitrogens with one attached hydrogen (secondary N) is 1. The molecule has 0 bridgehead atoms. The van der Waals surface area contributed by atoms with Crippen molar-refractivity contribution in [1.29, 1.82) is 0 Å². The van der Waals surface area contributed by atoms with Crippen LogP contribution in [0.1, 0.15) is 23.7 Å². The molecule has 0 spiro atoms. The van der Waals surface area contributed by atoms with Crippen LogP contribution in [0.2, 0.25) is 5.02 Å².